The van der Waals surface area contributed by atoms with Crippen molar-refractivity contribution in [2.75, 3.05) is 21.3 Å². The maximum atomic E-state index is 12.9. The number of ketones is 1. The van der Waals surface area contributed by atoms with Crippen LogP contribution in [0.2, 0.25) is 0 Å². The summed E-state index contributed by atoms with van der Waals surface area (Å²) in [6, 6.07) is 3.33. The fourth-order valence-corrected chi connectivity index (χ4v) is 3.16. The highest BCUT2D eigenvalue weighted by Crippen LogP contribution is 2.32. The van der Waals surface area contributed by atoms with Gasteiger partial charge in [-0.25, -0.2) is 0 Å². The van der Waals surface area contributed by atoms with E-state index in [0.29, 0.717) is 22.6 Å². The van der Waals surface area contributed by atoms with Gasteiger partial charge in [0.25, 0.3) is 0 Å². The second-order valence-electron chi connectivity index (χ2n) is 6.24. The van der Waals surface area contributed by atoms with Crippen molar-refractivity contribution in [3.8, 4) is 11.5 Å². The van der Waals surface area contributed by atoms with Gasteiger partial charge in [0, 0.05) is 12.5 Å². The Morgan fingerprint density at radius 3 is 2.52 bits per heavy atom. The van der Waals surface area contributed by atoms with Crippen LogP contribution in [0.25, 0.3) is 0 Å². The number of carbonyl (C=O) groups is 2. The lowest BCUT2D eigenvalue weighted by Gasteiger charge is -2.27. The Morgan fingerprint density at radius 2 is 1.92 bits per heavy atom. The van der Waals surface area contributed by atoms with Crippen molar-refractivity contribution in [3.05, 3.63) is 23.3 Å². The highest BCUT2D eigenvalue weighted by Gasteiger charge is 2.26. The highest BCUT2D eigenvalue weighted by atomic mass is 16.5. The van der Waals surface area contributed by atoms with Crippen molar-refractivity contribution in [1.29, 1.82) is 0 Å². The number of carbonyl (C=O) groups excluding carboxylic acids is 2. The van der Waals surface area contributed by atoms with Crippen LogP contribution in [-0.2, 0) is 20.7 Å². The second kappa shape index (κ2) is 8.85. The predicted octanol–water partition coefficient (Wildman–Crippen LogP) is 2.95. The van der Waals surface area contributed by atoms with E-state index in [9.17, 15) is 9.59 Å². The topological polar surface area (TPSA) is 71.1 Å². The first-order valence-corrected chi connectivity index (χ1v) is 8.48. The molecule has 1 heterocycles. The monoisotopic (exact) mass is 350 g/mol. The number of rotatable bonds is 7. The van der Waals surface area contributed by atoms with Crippen LogP contribution in [0.5, 0.6) is 11.5 Å². The van der Waals surface area contributed by atoms with E-state index in [4.69, 9.17) is 18.9 Å². The molecule has 6 heteroatoms. The molecule has 0 radical (unpaired) electrons. The van der Waals surface area contributed by atoms with E-state index in [1.54, 1.807) is 12.1 Å². The Hall–Kier alpha value is -2.08. The predicted molar refractivity (Wildman–Crippen MR) is 92.4 cm³/mol. The van der Waals surface area contributed by atoms with E-state index in [0.717, 1.165) is 19.3 Å². The first-order valence-electron chi connectivity index (χ1n) is 8.48. The van der Waals surface area contributed by atoms with Gasteiger partial charge in [0.15, 0.2) is 5.78 Å². The van der Waals surface area contributed by atoms with Crippen LogP contribution in [0.4, 0.5) is 0 Å². The zero-order chi connectivity index (χ0) is 18.4. The quantitative estimate of drug-likeness (QED) is 0.556. The van der Waals surface area contributed by atoms with E-state index in [1.165, 1.54) is 21.3 Å². The van der Waals surface area contributed by atoms with Crippen LogP contribution >= 0.6 is 0 Å². The summed E-state index contributed by atoms with van der Waals surface area (Å²) in [5.74, 6) is 0.395. The summed E-state index contributed by atoms with van der Waals surface area (Å²) in [6.07, 6.45) is 3.24. The number of ether oxygens (including phenoxy) is 4. The van der Waals surface area contributed by atoms with Crippen LogP contribution in [0.3, 0.4) is 0 Å². The van der Waals surface area contributed by atoms with Gasteiger partial charge < -0.3 is 18.9 Å². The molecule has 0 spiro atoms. The number of methoxy groups -OCH3 is 3. The van der Waals surface area contributed by atoms with Gasteiger partial charge in [0.05, 0.1) is 45.5 Å². The van der Waals surface area contributed by atoms with E-state index in [2.05, 4.69) is 0 Å². The molecule has 1 saturated heterocycles. The summed E-state index contributed by atoms with van der Waals surface area (Å²) < 4.78 is 21.2. The van der Waals surface area contributed by atoms with E-state index >= 15 is 0 Å². The Bertz CT molecular complexity index is 625. The molecule has 25 heavy (non-hydrogen) atoms. The highest BCUT2D eigenvalue weighted by molar-refractivity contribution is 6.01. The minimum Gasteiger partial charge on any atom is -0.497 e. The number of benzene rings is 1. The summed E-state index contributed by atoms with van der Waals surface area (Å²) in [5, 5.41) is 0. The molecule has 1 aromatic carbocycles. The van der Waals surface area contributed by atoms with Crippen LogP contribution in [0.15, 0.2) is 12.1 Å². The molecule has 0 saturated carbocycles. The normalized spacial score (nSPS) is 20.0. The third kappa shape index (κ3) is 4.95. The molecule has 1 aromatic rings. The van der Waals surface area contributed by atoms with Gasteiger partial charge in [-0.05, 0) is 37.8 Å². The molecule has 0 amide bonds. The maximum Gasteiger partial charge on any atom is 0.310 e. The molecule has 0 bridgehead atoms. The van der Waals surface area contributed by atoms with Crippen molar-refractivity contribution < 1.29 is 28.5 Å². The molecule has 1 aliphatic rings. The third-order valence-corrected chi connectivity index (χ3v) is 4.43. The van der Waals surface area contributed by atoms with Gasteiger partial charge in [-0.15, -0.1) is 0 Å². The first-order chi connectivity index (χ1) is 12.0. The molecule has 0 N–H and O–H groups in total. The molecular weight excluding hydrogens is 324 g/mol. The molecule has 6 nitrogen and oxygen atoms in total. The molecule has 0 aliphatic carbocycles. The van der Waals surface area contributed by atoms with Gasteiger partial charge in [0.2, 0.25) is 0 Å². The van der Waals surface area contributed by atoms with Gasteiger partial charge in [0.1, 0.15) is 11.5 Å². The summed E-state index contributed by atoms with van der Waals surface area (Å²) in [5.41, 5.74) is 0.937. The zero-order valence-corrected chi connectivity index (χ0v) is 15.3. The van der Waals surface area contributed by atoms with Crippen LogP contribution in [0.1, 0.15) is 48.5 Å². The average Bonchev–Trinajstić information content (AvgIpc) is 2.60. The van der Waals surface area contributed by atoms with Crippen LogP contribution in [0, 0.1) is 0 Å². The summed E-state index contributed by atoms with van der Waals surface area (Å²) in [4.78, 5) is 24.7. The number of Topliss-reactive ketones (excluding diaryl/α,β-unsaturated/α-hetero) is 1. The number of esters is 1. The molecule has 1 fully saturated rings. The summed E-state index contributed by atoms with van der Waals surface area (Å²) in [7, 11) is 4.33. The average molecular weight is 350 g/mol. The Kier molecular flexibility index (Phi) is 6.82. The molecule has 0 unspecified atom stereocenters. The molecule has 2 atom stereocenters. The smallest absolute Gasteiger partial charge is 0.310 e. The SMILES string of the molecule is COC(=O)Cc1cc(OC)cc(OC)c1C(=O)C[C@H]1CCC[C@@H](C)O1. The Labute approximate surface area is 148 Å². The minimum atomic E-state index is -0.424. The van der Waals surface area contributed by atoms with Crippen molar-refractivity contribution in [2.45, 2.75) is 51.2 Å². The number of hydrogen-bond acceptors (Lipinski definition) is 6. The van der Waals surface area contributed by atoms with Gasteiger partial charge >= 0.3 is 5.97 Å². The van der Waals surface area contributed by atoms with Crippen LogP contribution < -0.4 is 9.47 Å². The molecule has 138 valence electrons. The molecule has 0 aromatic heterocycles. The minimum absolute atomic E-state index is 0.0208. The van der Waals surface area contributed by atoms with E-state index in [-0.39, 0.29) is 30.8 Å². The second-order valence-corrected chi connectivity index (χ2v) is 6.24. The van der Waals surface area contributed by atoms with E-state index < -0.39 is 5.97 Å². The van der Waals surface area contributed by atoms with Crippen molar-refractivity contribution in [1.82, 2.24) is 0 Å². The van der Waals surface area contributed by atoms with Crippen molar-refractivity contribution >= 4 is 11.8 Å². The molecule has 2 rings (SSSR count). The maximum absolute atomic E-state index is 12.9. The first kappa shape index (κ1) is 19.2. The lowest BCUT2D eigenvalue weighted by molar-refractivity contribution is -0.139. The fraction of sp³-hybridized carbons (Fsp3) is 0.579. The largest absolute Gasteiger partial charge is 0.497 e. The summed E-state index contributed by atoms with van der Waals surface area (Å²) in [6.45, 7) is 2.02. The molecule has 1 aliphatic heterocycles. The third-order valence-electron chi connectivity index (χ3n) is 4.43. The standard InChI is InChI=1S/C19H26O6/c1-12-6-5-7-14(25-12)10-16(20)19-13(9-18(21)24-4)8-15(22-2)11-17(19)23-3/h8,11-12,14H,5-7,9-10H2,1-4H3/t12-,14-/m1/s1. The van der Waals surface area contributed by atoms with Gasteiger partial charge in [-0.1, -0.05) is 0 Å². The van der Waals surface area contributed by atoms with Crippen molar-refractivity contribution in [2.24, 2.45) is 0 Å². The van der Waals surface area contributed by atoms with Gasteiger partial charge in [-0.2, -0.15) is 0 Å². The van der Waals surface area contributed by atoms with Gasteiger partial charge in [-0.3, -0.25) is 9.59 Å². The van der Waals surface area contributed by atoms with Crippen molar-refractivity contribution in [3.63, 3.8) is 0 Å². The fourth-order valence-electron chi connectivity index (χ4n) is 3.16. The summed E-state index contributed by atoms with van der Waals surface area (Å²) >= 11 is 0. The molecular formula is C19H26O6. The Morgan fingerprint density at radius 1 is 1.16 bits per heavy atom. The lowest BCUT2D eigenvalue weighted by Crippen LogP contribution is -2.28. The zero-order valence-electron chi connectivity index (χ0n) is 15.3. The van der Waals surface area contributed by atoms with Crippen LogP contribution in [-0.4, -0.2) is 45.3 Å². The number of hydrogen-bond donors (Lipinski definition) is 0. The lowest BCUT2D eigenvalue weighted by atomic mass is 9.93. The van der Waals surface area contributed by atoms with E-state index in [1.807, 2.05) is 6.92 Å². The Balaban J connectivity index is 2.32.